The van der Waals surface area contributed by atoms with Gasteiger partial charge in [0.2, 0.25) is 5.91 Å². The van der Waals surface area contributed by atoms with E-state index in [4.69, 9.17) is 16.5 Å². The minimum Gasteiger partial charge on any atom is -0.494 e. The lowest BCUT2D eigenvalue weighted by molar-refractivity contribution is 0.100. The molecule has 0 aliphatic rings. The quantitative estimate of drug-likeness (QED) is 0.394. The van der Waals surface area contributed by atoms with Crippen LogP contribution in [0.25, 0.3) is 10.9 Å². The van der Waals surface area contributed by atoms with E-state index in [1.54, 1.807) is 18.2 Å². The Balaban J connectivity index is 1.93. The number of nitrogens with zero attached hydrogens (tertiary/aromatic N) is 1. The highest BCUT2D eigenvalue weighted by Crippen LogP contribution is 2.32. The molecule has 0 fully saturated rings. The lowest BCUT2D eigenvalue weighted by atomic mass is 10.00. The highest BCUT2D eigenvalue weighted by molar-refractivity contribution is 6.22. The van der Waals surface area contributed by atoms with Crippen LogP contribution in [0.15, 0.2) is 77.8 Å². The number of aromatic hydroxyl groups is 1. The fraction of sp³-hybridized carbons (Fsp3) is 0.0435. The first-order valence-electron chi connectivity index (χ1n) is 9.15. The molecule has 0 bridgehead atoms. The molecule has 6 N–H and O–H groups in total. The number of aliphatic imine (C=N–C) groups is 1. The molecule has 6 heteroatoms. The van der Waals surface area contributed by atoms with Gasteiger partial charge in [0.1, 0.15) is 0 Å². The number of nitrogens with two attached hydrogens (primary N) is 2. The van der Waals surface area contributed by atoms with Crippen LogP contribution in [-0.4, -0.2) is 21.7 Å². The van der Waals surface area contributed by atoms with E-state index in [9.17, 15) is 9.90 Å². The van der Waals surface area contributed by atoms with Gasteiger partial charge in [-0.25, -0.2) is 4.99 Å². The Morgan fingerprint density at radius 2 is 1.69 bits per heavy atom. The maximum Gasteiger partial charge on any atom is 0.248 e. The highest BCUT2D eigenvalue weighted by atomic mass is 16.3. The third-order valence-corrected chi connectivity index (χ3v) is 4.76. The third kappa shape index (κ3) is 3.61. The van der Waals surface area contributed by atoms with E-state index in [1.165, 1.54) is 0 Å². The number of primary amides is 1. The molecule has 0 atom stereocenters. The number of aromatic amines is 1. The molecule has 0 spiro atoms. The minimum absolute atomic E-state index is 0.0252. The molecule has 4 aromatic rings. The van der Waals surface area contributed by atoms with E-state index in [1.807, 2.05) is 54.6 Å². The summed E-state index contributed by atoms with van der Waals surface area (Å²) in [5.74, 6) is -0.553. The van der Waals surface area contributed by atoms with Crippen molar-refractivity contribution in [3.63, 3.8) is 0 Å². The smallest absolute Gasteiger partial charge is 0.248 e. The Hall–Kier alpha value is -3.90. The van der Waals surface area contributed by atoms with Gasteiger partial charge in [0, 0.05) is 28.6 Å². The summed E-state index contributed by atoms with van der Waals surface area (Å²) in [7, 11) is 0. The summed E-state index contributed by atoms with van der Waals surface area (Å²) in [5.41, 5.74) is 15.8. The largest absolute Gasteiger partial charge is 0.494 e. The SMILES string of the molecule is NCc1ccc(N=C(c2ccccc2)c2c(O)[nH]c3cc(C(N)=O)ccc23)cc1. The molecule has 0 saturated heterocycles. The van der Waals surface area contributed by atoms with Crippen molar-refractivity contribution < 1.29 is 9.90 Å². The zero-order valence-corrected chi connectivity index (χ0v) is 15.6. The predicted octanol–water partition coefficient (Wildman–Crippen LogP) is 3.60. The second kappa shape index (κ2) is 7.61. The number of benzene rings is 3. The molecule has 1 heterocycles. The number of carbonyl (C=O) groups excluding carboxylic acids is 1. The van der Waals surface area contributed by atoms with E-state index in [-0.39, 0.29) is 5.88 Å². The van der Waals surface area contributed by atoms with E-state index in [0.29, 0.717) is 28.9 Å². The zero-order valence-electron chi connectivity index (χ0n) is 15.6. The first-order chi connectivity index (χ1) is 14.1. The maximum atomic E-state index is 11.5. The Kier molecular flexibility index (Phi) is 4.85. The summed E-state index contributed by atoms with van der Waals surface area (Å²) in [4.78, 5) is 19.2. The Morgan fingerprint density at radius 1 is 0.966 bits per heavy atom. The number of rotatable bonds is 5. The van der Waals surface area contributed by atoms with Gasteiger partial charge in [0.05, 0.1) is 17.0 Å². The number of amides is 1. The van der Waals surface area contributed by atoms with Crippen molar-refractivity contribution in [2.75, 3.05) is 0 Å². The normalized spacial score (nSPS) is 11.7. The minimum atomic E-state index is -0.528. The van der Waals surface area contributed by atoms with Crippen LogP contribution < -0.4 is 11.5 Å². The molecule has 0 aliphatic carbocycles. The number of aromatic nitrogens is 1. The van der Waals surface area contributed by atoms with Crippen molar-refractivity contribution in [3.05, 3.63) is 95.1 Å². The van der Waals surface area contributed by atoms with Gasteiger partial charge in [0.25, 0.3) is 0 Å². The molecule has 3 aromatic carbocycles. The van der Waals surface area contributed by atoms with E-state index >= 15 is 0 Å². The lowest BCUT2D eigenvalue weighted by Gasteiger charge is -2.08. The van der Waals surface area contributed by atoms with Crippen LogP contribution in [0.2, 0.25) is 0 Å². The van der Waals surface area contributed by atoms with Crippen LogP contribution in [0.4, 0.5) is 5.69 Å². The molecule has 144 valence electrons. The molecule has 0 unspecified atom stereocenters. The van der Waals surface area contributed by atoms with Crippen molar-refractivity contribution in [2.24, 2.45) is 16.5 Å². The molecule has 6 nitrogen and oxygen atoms in total. The van der Waals surface area contributed by atoms with Crippen LogP contribution in [-0.2, 0) is 6.54 Å². The first-order valence-corrected chi connectivity index (χ1v) is 9.15. The second-order valence-corrected chi connectivity index (χ2v) is 6.67. The standard InChI is InChI=1S/C23H20N4O2/c24-13-14-6-9-17(10-7-14)26-21(15-4-2-1-3-5-15)20-18-11-8-16(22(25)28)12-19(18)27-23(20)29/h1-12,27,29H,13,24H2,(H2,25,28). The molecule has 1 amide bonds. The van der Waals surface area contributed by atoms with Gasteiger partial charge in [-0.05, 0) is 29.8 Å². The van der Waals surface area contributed by atoms with Gasteiger partial charge < -0.3 is 21.6 Å². The summed E-state index contributed by atoms with van der Waals surface area (Å²) in [6, 6.07) is 22.3. The van der Waals surface area contributed by atoms with Crippen molar-refractivity contribution in [3.8, 4) is 5.88 Å². The molecule has 0 aliphatic heterocycles. The second-order valence-electron chi connectivity index (χ2n) is 6.67. The van der Waals surface area contributed by atoms with Gasteiger partial charge >= 0.3 is 0 Å². The van der Waals surface area contributed by atoms with Gasteiger partial charge in [-0.3, -0.25) is 4.79 Å². The molecular formula is C23H20N4O2. The van der Waals surface area contributed by atoms with E-state index in [2.05, 4.69) is 4.98 Å². The van der Waals surface area contributed by atoms with Crippen LogP contribution in [0.1, 0.15) is 27.0 Å². The molecular weight excluding hydrogens is 364 g/mol. The summed E-state index contributed by atoms with van der Waals surface area (Å²) >= 11 is 0. The van der Waals surface area contributed by atoms with Crippen LogP contribution in [0.5, 0.6) is 5.88 Å². The van der Waals surface area contributed by atoms with Crippen molar-refractivity contribution in [1.82, 2.24) is 4.98 Å². The third-order valence-electron chi connectivity index (χ3n) is 4.76. The predicted molar refractivity (Wildman–Crippen MR) is 115 cm³/mol. The Labute approximate surface area is 167 Å². The maximum absolute atomic E-state index is 11.5. The Morgan fingerprint density at radius 3 is 2.34 bits per heavy atom. The van der Waals surface area contributed by atoms with Crippen molar-refractivity contribution in [1.29, 1.82) is 0 Å². The highest BCUT2D eigenvalue weighted by Gasteiger charge is 2.19. The fourth-order valence-corrected chi connectivity index (χ4v) is 3.27. The number of nitrogens with one attached hydrogen (secondary N) is 1. The number of hydrogen-bond donors (Lipinski definition) is 4. The fourth-order valence-electron chi connectivity index (χ4n) is 3.27. The first kappa shape index (κ1) is 18.5. The number of H-pyrrole nitrogens is 1. The number of carbonyl (C=O) groups is 1. The van der Waals surface area contributed by atoms with Gasteiger partial charge in [-0.15, -0.1) is 0 Å². The average Bonchev–Trinajstić information content (AvgIpc) is 3.07. The molecule has 4 rings (SSSR count). The molecule has 29 heavy (non-hydrogen) atoms. The van der Waals surface area contributed by atoms with Gasteiger partial charge in [-0.1, -0.05) is 48.5 Å². The number of hydrogen-bond acceptors (Lipinski definition) is 4. The molecule has 0 radical (unpaired) electrons. The van der Waals surface area contributed by atoms with Crippen molar-refractivity contribution in [2.45, 2.75) is 6.54 Å². The Bertz CT molecular complexity index is 1210. The van der Waals surface area contributed by atoms with E-state index < -0.39 is 5.91 Å². The summed E-state index contributed by atoms with van der Waals surface area (Å²) < 4.78 is 0. The van der Waals surface area contributed by atoms with Gasteiger partial charge in [-0.2, -0.15) is 0 Å². The van der Waals surface area contributed by atoms with Crippen LogP contribution in [0, 0.1) is 0 Å². The van der Waals surface area contributed by atoms with Crippen molar-refractivity contribution >= 4 is 28.2 Å². The van der Waals surface area contributed by atoms with E-state index in [0.717, 1.165) is 22.2 Å². The summed E-state index contributed by atoms with van der Waals surface area (Å²) in [6.45, 7) is 0.459. The number of fused-ring (bicyclic) bond motifs is 1. The zero-order chi connectivity index (χ0) is 20.4. The molecule has 1 aromatic heterocycles. The van der Waals surface area contributed by atoms with Gasteiger partial charge in [0.15, 0.2) is 5.88 Å². The monoisotopic (exact) mass is 384 g/mol. The summed E-state index contributed by atoms with van der Waals surface area (Å²) in [6.07, 6.45) is 0. The van der Waals surface area contributed by atoms with Crippen LogP contribution >= 0.6 is 0 Å². The topological polar surface area (TPSA) is 117 Å². The molecule has 0 saturated carbocycles. The summed E-state index contributed by atoms with van der Waals surface area (Å²) in [5, 5.41) is 11.4. The van der Waals surface area contributed by atoms with Crippen LogP contribution in [0.3, 0.4) is 0 Å². The average molecular weight is 384 g/mol. The lowest BCUT2D eigenvalue weighted by Crippen LogP contribution is -2.10.